The summed E-state index contributed by atoms with van der Waals surface area (Å²) < 4.78 is 10.5. The average Bonchev–Trinajstić information content (AvgIpc) is 2.30. The fourth-order valence-corrected chi connectivity index (χ4v) is 2.02. The molecular formula is C14H16O4. The van der Waals surface area contributed by atoms with Gasteiger partial charge in [-0.05, 0) is 26.0 Å². The molecule has 2 rings (SSSR count). The van der Waals surface area contributed by atoms with Crippen molar-refractivity contribution in [3.63, 3.8) is 0 Å². The van der Waals surface area contributed by atoms with Crippen LogP contribution in [0.25, 0.3) is 0 Å². The van der Waals surface area contributed by atoms with Gasteiger partial charge in [-0.2, -0.15) is 0 Å². The maximum Gasteiger partial charge on any atom is 0.309 e. The minimum atomic E-state index is -0.410. The van der Waals surface area contributed by atoms with E-state index in [0.717, 1.165) is 5.56 Å². The van der Waals surface area contributed by atoms with Crippen molar-refractivity contribution in [2.75, 3.05) is 6.61 Å². The summed E-state index contributed by atoms with van der Waals surface area (Å²) in [7, 11) is 0. The van der Waals surface area contributed by atoms with Crippen LogP contribution in [0.15, 0.2) is 18.2 Å². The highest BCUT2D eigenvalue weighted by molar-refractivity contribution is 6.00. The van der Waals surface area contributed by atoms with Gasteiger partial charge in [0.1, 0.15) is 11.9 Å². The molecular weight excluding hydrogens is 232 g/mol. The Morgan fingerprint density at radius 2 is 2.28 bits per heavy atom. The van der Waals surface area contributed by atoms with Crippen molar-refractivity contribution >= 4 is 11.8 Å². The van der Waals surface area contributed by atoms with Gasteiger partial charge < -0.3 is 9.47 Å². The van der Waals surface area contributed by atoms with E-state index >= 15 is 0 Å². The van der Waals surface area contributed by atoms with Crippen LogP contribution in [-0.4, -0.2) is 24.5 Å². The molecule has 1 aliphatic heterocycles. The Morgan fingerprint density at radius 1 is 1.50 bits per heavy atom. The van der Waals surface area contributed by atoms with Crippen LogP contribution in [0.5, 0.6) is 5.75 Å². The molecule has 1 heterocycles. The number of benzene rings is 1. The molecule has 0 saturated heterocycles. The molecule has 1 atom stereocenters. The third-order valence-corrected chi connectivity index (χ3v) is 2.84. The molecule has 0 fully saturated rings. The van der Waals surface area contributed by atoms with E-state index in [1.54, 1.807) is 13.0 Å². The van der Waals surface area contributed by atoms with Gasteiger partial charge in [0.05, 0.1) is 18.6 Å². The maximum absolute atomic E-state index is 12.0. The van der Waals surface area contributed by atoms with Gasteiger partial charge in [-0.1, -0.05) is 11.6 Å². The second kappa shape index (κ2) is 5.21. The lowest BCUT2D eigenvalue weighted by Crippen LogP contribution is -2.29. The first-order valence-electron chi connectivity index (χ1n) is 6.06. The molecule has 0 aliphatic carbocycles. The Morgan fingerprint density at radius 3 is 3.00 bits per heavy atom. The predicted octanol–water partition coefficient (Wildman–Crippen LogP) is 2.28. The SMILES string of the molecule is CCOC(=O)CC1CC(=O)c2cc(C)ccc2O1. The maximum atomic E-state index is 12.0. The summed E-state index contributed by atoms with van der Waals surface area (Å²) in [4.78, 5) is 23.3. The van der Waals surface area contributed by atoms with Crippen LogP contribution in [0, 0.1) is 6.92 Å². The predicted molar refractivity (Wildman–Crippen MR) is 65.8 cm³/mol. The fraction of sp³-hybridized carbons (Fsp3) is 0.429. The lowest BCUT2D eigenvalue weighted by atomic mass is 9.97. The van der Waals surface area contributed by atoms with Gasteiger partial charge in [0, 0.05) is 6.42 Å². The summed E-state index contributed by atoms with van der Waals surface area (Å²) >= 11 is 0. The Labute approximate surface area is 106 Å². The van der Waals surface area contributed by atoms with Crippen LogP contribution in [0.4, 0.5) is 0 Å². The van der Waals surface area contributed by atoms with Crippen molar-refractivity contribution < 1.29 is 19.1 Å². The Balaban J connectivity index is 2.11. The van der Waals surface area contributed by atoms with Crippen LogP contribution in [0.3, 0.4) is 0 Å². The molecule has 1 aromatic carbocycles. The number of rotatable bonds is 3. The van der Waals surface area contributed by atoms with Crippen LogP contribution in [0.1, 0.15) is 35.7 Å². The molecule has 4 nitrogen and oxygen atoms in total. The first-order chi connectivity index (χ1) is 8.60. The molecule has 0 radical (unpaired) electrons. The third kappa shape index (κ3) is 2.70. The van der Waals surface area contributed by atoms with E-state index in [0.29, 0.717) is 17.9 Å². The zero-order chi connectivity index (χ0) is 13.1. The molecule has 1 unspecified atom stereocenters. The summed E-state index contributed by atoms with van der Waals surface area (Å²) in [5.74, 6) is 0.256. The number of hydrogen-bond donors (Lipinski definition) is 0. The molecule has 0 spiro atoms. The van der Waals surface area contributed by atoms with Crippen molar-refractivity contribution in [3.8, 4) is 5.75 Å². The van der Waals surface area contributed by atoms with Crippen molar-refractivity contribution in [2.24, 2.45) is 0 Å². The highest BCUT2D eigenvalue weighted by Gasteiger charge is 2.28. The molecule has 1 aromatic rings. The highest BCUT2D eigenvalue weighted by Crippen LogP contribution is 2.29. The van der Waals surface area contributed by atoms with Crippen molar-refractivity contribution in [1.29, 1.82) is 0 Å². The number of Topliss-reactive ketones (excluding diaryl/α,β-unsaturated/α-hetero) is 1. The second-order valence-corrected chi connectivity index (χ2v) is 4.38. The van der Waals surface area contributed by atoms with Crippen molar-refractivity contribution in [1.82, 2.24) is 0 Å². The smallest absolute Gasteiger partial charge is 0.309 e. The number of aryl methyl sites for hydroxylation is 1. The quantitative estimate of drug-likeness (QED) is 0.770. The van der Waals surface area contributed by atoms with E-state index in [1.807, 2.05) is 19.1 Å². The number of fused-ring (bicyclic) bond motifs is 1. The van der Waals surface area contributed by atoms with Crippen LogP contribution in [-0.2, 0) is 9.53 Å². The van der Waals surface area contributed by atoms with E-state index in [-0.39, 0.29) is 24.6 Å². The number of ketones is 1. The summed E-state index contributed by atoms with van der Waals surface area (Å²) in [6.07, 6.45) is -0.0610. The minimum Gasteiger partial charge on any atom is -0.489 e. The molecule has 0 bridgehead atoms. The van der Waals surface area contributed by atoms with E-state index in [1.165, 1.54) is 0 Å². The summed E-state index contributed by atoms with van der Waals surface area (Å²) in [6, 6.07) is 5.48. The lowest BCUT2D eigenvalue weighted by molar-refractivity contribution is -0.144. The first kappa shape index (κ1) is 12.6. The fourth-order valence-electron chi connectivity index (χ4n) is 2.02. The standard InChI is InChI=1S/C14H16O4/c1-3-17-14(16)8-10-7-12(15)11-6-9(2)4-5-13(11)18-10/h4-6,10H,3,7-8H2,1-2H3. The van der Waals surface area contributed by atoms with Crippen LogP contribution in [0.2, 0.25) is 0 Å². The van der Waals surface area contributed by atoms with Gasteiger partial charge >= 0.3 is 5.97 Å². The summed E-state index contributed by atoms with van der Waals surface area (Å²) in [5.41, 5.74) is 1.63. The number of hydrogen-bond acceptors (Lipinski definition) is 4. The molecule has 18 heavy (non-hydrogen) atoms. The normalized spacial score (nSPS) is 17.9. The molecule has 0 N–H and O–H groups in total. The van der Waals surface area contributed by atoms with Crippen molar-refractivity contribution in [2.45, 2.75) is 32.8 Å². The number of ether oxygens (including phenoxy) is 2. The largest absolute Gasteiger partial charge is 0.489 e. The molecule has 1 aliphatic rings. The molecule has 96 valence electrons. The van der Waals surface area contributed by atoms with Crippen molar-refractivity contribution in [3.05, 3.63) is 29.3 Å². The lowest BCUT2D eigenvalue weighted by Gasteiger charge is -2.24. The number of carbonyl (C=O) groups excluding carboxylic acids is 2. The van der Waals surface area contributed by atoms with Gasteiger partial charge in [-0.15, -0.1) is 0 Å². The number of esters is 1. The molecule has 0 aromatic heterocycles. The Kier molecular flexibility index (Phi) is 3.65. The molecule has 4 heteroatoms. The first-order valence-corrected chi connectivity index (χ1v) is 6.06. The topological polar surface area (TPSA) is 52.6 Å². The minimum absolute atomic E-state index is 0.0225. The zero-order valence-corrected chi connectivity index (χ0v) is 10.6. The highest BCUT2D eigenvalue weighted by atomic mass is 16.5. The van der Waals surface area contributed by atoms with E-state index in [4.69, 9.17) is 9.47 Å². The van der Waals surface area contributed by atoms with Gasteiger partial charge in [-0.25, -0.2) is 0 Å². The van der Waals surface area contributed by atoms with E-state index in [9.17, 15) is 9.59 Å². The molecule has 0 amide bonds. The van der Waals surface area contributed by atoms with Crippen LogP contribution >= 0.6 is 0 Å². The Hall–Kier alpha value is -1.84. The van der Waals surface area contributed by atoms with Gasteiger partial charge in [0.15, 0.2) is 5.78 Å². The van der Waals surface area contributed by atoms with E-state index < -0.39 is 6.10 Å². The number of carbonyl (C=O) groups is 2. The van der Waals surface area contributed by atoms with Gasteiger partial charge in [0.2, 0.25) is 0 Å². The monoisotopic (exact) mass is 248 g/mol. The third-order valence-electron chi connectivity index (χ3n) is 2.84. The molecule has 0 saturated carbocycles. The average molecular weight is 248 g/mol. The van der Waals surface area contributed by atoms with Gasteiger partial charge in [0.25, 0.3) is 0 Å². The second-order valence-electron chi connectivity index (χ2n) is 4.38. The van der Waals surface area contributed by atoms with E-state index in [2.05, 4.69) is 0 Å². The Bertz CT molecular complexity index is 479. The zero-order valence-electron chi connectivity index (χ0n) is 10.6. The van der Waals surface area contributed by atoms with Gasteiger partial charge in [-0.3, -0.25) is 9.59 Å². The summed E-state index contributed by atoms with van der Waals surface area (Å²) in [5, 5.41) is 0. The summed E-state index contributed by atoms with van der Waals surface area (Å²) in [6.45, 7) is 4.02. The van der Waals surface area contributed by atoms with Crippen LogP contribution < -0.4 is 4.74 Å².